The van der Waals surface area contributed by atoms with E-state index in [0.29, 0.717) is 24.2 Å². The van der Waals surface area contributed by atoms with Gasteiger partial charge in [-0.05, 0) is 71.9 Å². The topological polar surface area (TPSA) is 163 Å². The second kappa shape index (κ2) is 10.7. The lowest BCUT2D eigenvalue weighted by atomic mass is 9.66. The van der Waals surface area contributed by atoms with Crippen molar-refractivity contribution in [2.24, 2.45) is 21.7 Å². The fraction of sp³-hybridized carbons (Fsp3) is 0.585. The molecule has 1 aromatic heterocycles. The van der Waals surface area contributed by atoms with Crippen molar-refractivity contribution >= 4 is 45.8 Å². The maximum absolute atomic E-state index is 14.8. The Balaban J connectivity index is 1.35. The van der Waals surface area contributed by atoms with Gasteiger partial charge in [0.1, 0.15) is 33.8 Å². The number of rotatable bonds is 6. The van der Waals surface area contributed by atoms with Crippen LogP contribution >= 0.6 is 0 Å². The Bertz CT molecular complexity index is 2300. The minimum absolute atomic E-state index is 0.0282. The Morgan fingerprint density at radius 1 is 0.704 bits per heavy atom. The normalized spacial score (nSPS) is 33.5. The molecule has 4 fully saturated rings. The highest BCUT2D eigenvalue weighted by molar-refractivity contribution is 5.99. The molecule has 2 aliphatic carbocycles. The molecule has 4 unspecified atom stereocenters. The van der Waals surface area contributed by atoms with Crippen molar-refractivity contribution in [3.05, 3.63) is 39.5 Å². The molecular formula is C41H46O13. The second-order valence-electron chi connectivity index (χ2n) is 17.6. The summed E-state index contributed by atoms with van der Waals surface area (Å²) in [4.78, 5) is 70.3. The van der Waals surface area contributed by atoms with Crippen LogP contribution in [0.3, 0.4) is 0 Å². The highest BCUT2D eigenvalue weighted by atomic mass is 16.7. The maximum Gasteiger partial charge on any atom is 0.351 e. The van der Waals surface area contributed by atoms with Crippen molar-refractivity contribution in [3.63, 3.8) is 0 Å². The standard InChI is InChI=1S/C41H46O13/c1-19-16-20(47-10)17-22-24(19)27(42)25-21(48-11)18-23-26(28(25)49-22)29(50-33(45)40-14-12-38(8,31(43)53-40)36(40,4)5)30(35(2,3)52-23)51-34(46)41-15-13-39(9,32(44)54-41)37(41,6)7/h16-18,29-30H,12-15H2,1-11H3/t29-,30-,38?,39?,40?,41?/m1/s1. The van der Waals surface area contributed by atoms with Gasteiger partial charge in [0.15, 0.2) is 17.8 Å². The van der Waals surface area contributed by atoms with E-state index in [0.717, 1.165) is 0 Å². The molecule has 0 spiro atoms. The molecule has 0 amide bonds. The molecule has 2 aromatic carbocycles. The number of hydrogen-bond acceptors (Lipinski definition) is 13. The summed E-state index contributed by atoms with van der Waals surface area (Å²) in [5.74, 6) is -1.93. The predicted molar refractivity (Wildman–Crippen MR) is 191 cm³/mol. The second-order valence-corrected chi connectivity index (χ2v) is 17.6. The van der Waals surface area contributed by atoms with Crippen LogP contribution in [0.2, 0.25) is 0 Å². The van der Waals surface area contributed by atoms with E-state index in [-0.39, 0.29) is 51.8 Å². The number of benzene rings is 2. The van der Waals surface area contributed by atoms with E-state index in [9.17, 15) is 24.0 Å². The van der Waals surface area contributed by atoms with E-state index in [4.69, 9.17) is 37.6 Å². The highest BCUT2D eigenvalue weighted by Crippen LogP contribution is 2.68. The first-order chi connectivity index (χ1) is 25.1. The first-order valence-electron chi connectivity index (χ1n) is 18.3. The minimum Gasteiger partial charge on any atom is -0.497 e. The summed E-state index contributed by atoms with van der Waals surface area (Å²) in [6.07, 6.45) is -1.64. The Kier molecular flexibility index (Phi) is 7.16. The van der Waals surface area contributed by atoms with Gasteiger partial charge >= 0.3 is 23.9 Å². The van der Waals surface area contributed by atoms with E-state index in [1.54, 1.807) is 60.6 Å². The first-order valence-corrected chi connectivity index (χ1v) is 18.3. The number of hydrogen-bond donors (Lipinski definition) is 0. The first kappa shape index (κ1) is 36.2. The van der Waals surface area contributed by atoms with E-state index < -0.39 is 80.0 Å². The van der Waals surface area contributed by atoms with Gasteiger partial charge in [-0.25, -0.2) is 9.59 Å². The van der Waals surface area contributed by atoms with Crippen molar-refractivity contribution in [2.75, 3.05) is 14.2 Å². The summed E-state index contributed by atoms with van der Waals surface area (Å²) in [6.45, 7) is 15.9. The van der Waals surface area contributed by atoms with Crippen molar-refractivity contribution in [1.29, 1.82) is 0 Å². The number of aryl methyl sites for hydroxylation is 1. The zero-order chi connectivity index (χ0) is 39.3. The summed E-state index contributed by atoms with van der Waals surface area (Å²) in [6, 6.07) is 4.81. The molecule has 3 aromatic rings. The van der Waals surface area contributed by atoms with Crippen LogP contribution in [0.4, 0.5) is 0 Å². The van der Waals surface area contributed by atoms with Crippen molar-refractivity contribution in [3.8, 4) is 17.2 Å². The molecule has 288 valence electrons. The molecule has 0 radical (unpaired) electrons. The van der Waals surface area contributed by atoms with Crippen molar-refractivity contribution in [1.82, 2.24) is 0 Å². The molecule has 3 aliphatic heterocycles. The van der Waals surface area contributed by atoms with Crippen LogP contribution in [0, 0.1) is 28.6 Å². The number of fused-ring (bicyclic) bond motifs is 8. The summed E-state index contributed by atoms with van der Waals surface area (Å²) in [5, 5.41) is 0.328. The molecule has 5 aliphatic rings. The van der Waals surface area contributed by atoms with E-state index >= 15 is 0 Å². The molecule has 0 N–H and O–H groups in total. The number of esters is 4. The van der Waals surface area contributed by atoms with Gasteiger partial charge in [0, 0.05) is 23.0 Å². The largest absolute Gasteiger partial charge is 0.497 e. The highest BCUT2D eigenvalue weighted by Gasteiger charge is 2.78. The molecule has 4 heterocycles. The molecule has 54 heavy (non-hydrogen) atoms. The van der Waals surface area contributed by atoms with Gasteiger partial charge in [0.25, 0.3) is 0 Å². The van der Waals surface area contributed by atoms with Crippen molar-refractivity contribution in [2.45, 2.75) is 117 Å². The van der Waals surface area contributed by atoms with E-state index in [1.165, 1.54) is 20.3 Å². The van der Waals surface area contributed by atoms with Gasteiger partial charge in [-0.2, -0.15) is 0 Å². The summed E-state index contributed by atoms with van der Waals surface area (Å²) < 4.78 is 49.1. The average Bonchev–Trinajstić information content (AvgIpc) is 3.56. The zero-order valence-corrected chi connectivity index (χ0v) is 32.5. The van der Waals surface area contributed by atoms with E-state index in [1.807, 2.05) is 13.8 Å². The molecule has 4 bridgehead atoms. The van der Waals surface area contributed by atoms with Crippen LogP contribution < -0.4 is 19.6 Å². The zero-order valence-electron chi connectivity index (χ0n) is 32.5. The van der Waals surface area contributed by atoms with Gasteiger partial charge in [0.05, 0.1) is 36.0 Å². The smallest absolute Gasteiger partial charge is 0.351 e. The number of ether oxygens (including phenoxy) is 7. The van der Waals surface area contributed by atoms with Crippen LogP contribution in [0.5, 0.6) is 17.2 Å². The van der Waals surface area contributed by atoms with E-state index in [2.05, 4.69) is 0 Å². The summed E-state index contributed by atoms with van der Waals surface area (Å²) in [5.41, 5.74) is -8.05. The Morgan fingerprint density at radius 3 is 1.74 bits per heavy atom. The monoisotopic (exact) mass is 746 g/mol. The molecule has 8 rings (SSSR count). The summed E-state index contributed by atoms with van der Waals surface area (Å²) in [7, 11) is 2.91. The fourth-order valence-electron chi connectivity index (χ4n) is 9.92. The maximum atomic E-state index is 14.8. The van der Waals surface area contributed by atoms with Gasteiger partial charge in [0.2, 0.25) is 16.6 Å². The third-order valence-corrected chi connectivity index (χ3v) is 14.6. The minimum atomic E-state index is -1.66. The molecule has 13 heteroatoms. The van der Waals surface area contributed by atoms with Crippen LogP contribution in [0.1, 0.15) is 98.3 Å². The third-order valence-electron chi connectivity index (χ3n) is 14.6. The lowest BCUT2D eigenvalue weighted by Gasteiger charge is -2.46. The molecule has 2 saturated carbocycles. The Hall–Kier alpha value is -4.81. The van der Waals surface area contributed by atoms with Crippen LogP contribution in [0.15, 0.2) is 27.4 Å². The molecule has 6 atom stereocenters. The van der Waals surface area contributed by atoms with Gasteiger partial charge in [-0.1, -0.05) is 27.7 Å². The number of carbonyl (C=O) groups excluding carboxylic acids is 4. The predicted octanol–water partition coefficient (Wildman–Crippen LogP) is 6.18. The van der Waals surface area contributed by atoms with Crippen LogP contribution in [0.25, 0.3) is 21.9 Å². The molecular weight excluding hydrogens is 700 g/mol. The third kappa shape index (κ3) is 4.02. The lowest BCUT2D eigenvalue weighted by molar-refractivity contribution is -0.217. The lowest BCUT2D eigenvalue weighted by Crippen LogP contribution is -2.57. The average molecular weight is 747 g/mol. The fourth-order valence-corrected chi connectivity index (χ4v) is 9.92. The molecule has 2 saturated heterocycles. The Labute approximate surface area is 311 Å². The van der Waals surface area contributed by atoms with Crippen LogP contribution in [-0.2, 0) is 38.1 Å². The number of methoxy groups -OCH3 is 2. The van der Waals surface area contributed by atoms with Gasteiger partial charge in [-0.15, -0.1) is 0 Å². The SMILES string of the molecule is COc1cc(C)c2c(=O)c3c(OC)cc4c(c3oc2c1)[C@@H](OC(=O)C12CCC(C)(C(=O)O1)C2(C)C)[C@@H](OC(=O)C12CCC(C)(C(=O)O1)C2(C)C)C(C)(C)O4. The quantitative estimate of drug-likeness (QED) is 0.160. The molecule has 13 nitrogen and oxygen atoms in total. The van der Waals surface area contributed by atoms with Crippen LogP contribution in [-0.4, -0.2) is 61.0 Å². The summed E-state index contributed by atoms with van der Waals surface area (Å²) >= 11 is 0. The number of carbonyl (C=O) groups is 4. The van der Waals surface area contributed by atoms with Gasteiger partial charge < -0.3 is 37.6 Å². The Morgan fingerprint density at radius 2 is 1.26 bits per heavy atom. The van der Waals surface area contributed by atoms with Gasteiger partial charge in [-0.3, -0.25) is 14.4 Å². The van der Waals surface area contributed by atoms with Crippen molar-refractivity contribution < 1.29 is 56.8 Å².